The molecule has 94 valence electrons. The van der Waals surface area contributed by atoms with Crippen molar-refractivity contribution in [2.45, 2.75) is 58.4 Å². The van der Waals surface area contributed by atoms with Crippen molar-refractivity contribution in [1.29, 1.82) is 0 Å². The summed E-state index contributed by atoms with van der Waals surface area (Å²) in [5.41, 5.74) is 5.49. The summed E-state index contributed by atoms with van der Waals surface area (Å²) in [5, 5.41) is 3.11. The van der Waals surface area contributed by atoms with E-state index in [0.717, 1.165) is 0 Å². The largest absolute Gasteiger partial charge is 0.353 e. The fraction of sp³-hybridized carbons (Fsp3) is 0.923. The van der Waals surface area contributed by atoms with Gasteiger partial charge in [0.15, 0.2) is 0 Å². The molecule has 1 aliphatic rings. The minimum Gasteiger partial charge on any atom is -0.353 e. The molecule has 0 bridgehead atoms. The molecule has 1 fully saturated rings. The van der Waals surface area contributed by atoms with Crippen LogP contribution in [-0.4, -0.2) is 18.5 Å². The molecule has 0 aromatic heterocycles. The summed E-state index contributed by atoms with van der Waals surface area (Å²) < 4.78 is 0. The molecular weight excluding hydrogens is 200 g/mol. The minimum absolute atomic E-state index is 0.0618. The first-order chi connectivity index (χ1) is 7.65. The van der Waals surface area contributed by atoms with E-state index in [1.54, 1.807) is 0 Å². The Kier molecular flexibility index (Phi) is 5.81. The molecule has 0 aromatic carbocycles. The van der Waals surface area contributed by atoms with Crippen LogP contribution in [-0.2, 0) is 4.79 Å². The predicted molar refractivity (Wildman–Crippen MR) is 67.0 cm³/mol. The highest BCUT2D eigenvalue weighted by molar-refractivity contribution is 5.78. The molecular formula is C13H26N2O. The maximum Gasteiger partial charge on any atom is 0.224 e. The molecule has 0 radical (unpaired) electrons. The van der Waals surface area contributed by atoms with Crippen molar-refractivity contribution in [3.05, 3.63) is 0 Å². The van der Waals surface area contributed by atoms with Crippen LogP contribution in [0.2, 0.25) is 0 Å². The first-order valence-electron chi connectivity index (χ1n) is 6.65. The van der Waals surface area contributed by atoms with Crippen molar-refractivity contribution in [1.82, 2.24) is 5.32 Å². The lowest BCUT2D eigenvalue weighted by atomic mass is 9.92. The van der Waals surface area contributed by atoms with Crippen LogP contribution in [0.15, 0.2) is 0 Å². The van der Waals surface area contributed by atoms with Crippen LogP contribution in [0.5, 0.6) is 0 Å². The van der Waals surface area contributed by atoms with Crippen molar-refractivity contribution in [2.24, 2.45) is 17.6 Å². The highest BCUT2D eigenvalue weighted by Crippen LogP contribution is 2.25. The predicted octanol–water partition coefficient (Wildman–Crippen LogP) is 2.06. The molecule has 0 aliphatic heterocycles. The van der Waals surface area contributed by atoms with E-state index in [1.807, 2.05) is 6.92 Å². The number of nitrogens with two attached hydrogens (primary N) is 1. The average molecular weight is 226 g/mol. The fourth-order valence-electron chi connectivity index (χ4n) is 2.40. The van der Waals surface area contributed by atoms with Gasteiger partial charge in [-0.1, -0.05) is 32.6 Å². The van der Waals surface area contributed by atoms with Gasteiger partial charge in [-0.25, -0.2) is 0 Å². The molecule has 3 heteroatoms. The lowest BCUT2D eigenvalue weighted by Crippen LogP contribution is -2.42. The summed E-state index contributed by atoms with van der Waals surface area (Å²) in [5.74, 6) is 0.712. The summed E-state index contributed by atoms with van der Waals surface area (Å²) >= 11 is 0. The van der Waals surface area contributed by atoms with Gasteiger partial charge < -0.3 is 11.1 Å². The number of carbonyl (C=O) groups excluding carboxylic acids is 1. The Labute approximate surface area is 99.2 Å². The first-order valence-corrected chi connectivity index (χ1v) is 6.65. The summed E-state index contributed by atoms with van der Waals surface area (Å²) in [6.07, 6.45) is 7.87. The summed E-state index contributed by atoms with van der Waals surface area (Å²) in [7, 11) is 0. The number of amides is 1. The number of rotatable bonds is 4. The molecule has 0 spiro atoms. The zero-order valence-electron chi connectivity index (χ0n) is 10.7. The molecule has 0 heterocycles. The number of hydrogen-bond acceptors (Lipinski definition) is 2. The van der Waals surface area contributed by atoms with E-state index in [4.69, 9.17) is 5.73 Å². The van der Waals surface area contributed by atoms with Gasteiger partial charge in [0.1, 0.15) is 0 Å². The lowest BCUT2D eigenvalue weighted by Gasteiger charge is -2.24. The lowest BCUT2D eigenvalue weighted by molar-refractivity contribution is -0.125. The summed E-state index contributed by atoms with van der Waals surface area (Å²) in [6.45, 7) is 4.45. The third-order valence-corrected chi connectivity index (χ3v) is 3.78. The molecule has 1 unspecified atom stereocenters. The second-order valence-corrected chi connectivity index (χ2v) is 5.19. The van der Waals surface area contributed by atoms with Crippen LogP contribution in [0.4, 0.5) is 0 Å². The Morgan fingerprint density at radius 3 is 2.31 bits per heavy atom. The first kappa shape index (κ1) is 13.5. The molecule has 3 N–H and O–H groups in total. The Morgan fingerprint density at radius 2 is 1.81 bits per heavy atom. The molecule has 2 atom stereocenters. The van der Waals surface area contributed by atoms with Crippen molar-refractivity contribution < 1.29 is 4.79 Å². The second kappa shape index (κ2) is 6.89. The Balaban J connectivity index is 2.37. The average Bonchev–Trinajstić information content (AvgIpc) is 2.56. The second-order valence-electron chi connectivity index (χ2n) is 5.19. The smallest absolute Gasteiger partial charge is 0.224 e. The van der Waals surface area contributed by atoms with Gasteiger partial charge in [0.2, 0.25) is 5.91 Å². The fourth-order valence-corrected chi connectivity index (χ4v) is 2.40. The van der Waals surface area contributed by atoms with Crippen molar-refractivity contribution in [3.8, 4) is 0 Å². The summed E-state index contributed by atoms with van der Waals surface area (Å²) in [4.78, 5) is 11.7. The zero-order valence-corrected chi connectivity index (χ0v) is 10.7. The van der Waals surface area contributed by atoms with E-state index in [1.165, 1.54) is 38.5 Å². The topological polar surface area (TPSA) is 55.1 Å². The molecule has 1 saturated carbocycles. The maximum absolute atomic E-state index is 11.7. The van der Waals surface area contributed by atoms with Gasteiger partial charge in [0, 0.05) is 18.5 Å². The van der Waals surface area contributed by atoms with Gasteiger partial charge in [-0.05, 0) is 25.7 Å². The minimum atomic E-state index is -0.0618. The van der Waals surface area contributed by atoms with Gasteiger partial charge in [-0.2, -0.15) is 0 Å². The third kappa shape index (κ3) is 4.12. The van der Waals surface area contributed by atoms with E-state index in [2.05, 4.69) is 12.2 Å². The molecule has 16 heavy (non-hydrogen) atoms. The van der Waals surface area contributed by atoms with E-state index >= 15 is 0 Å². The van der Waals surface area contributed by atoms with E-state index in [0.29, 0.717) is 18.5 Å². The Bertz CT molecular complexity index is 210. The van der Waals surface area contributed by atoms with Gasteiger partial charge in [-0.3, -0.25) is 4.79 Å². The summed E-state index contributed by atoms with van der Waals surface area (Å²) in [6, 6.07) is 0.305. The highest BCUT2D eigenvalue weighted by Gasteiger charge is 2.21. The maximum atomic E-state index is 11.7. The van der Waals surface area contributed by atoms with Gasteiger partial charge >= 0.3 is 0 Å². The zero-order chi connectivity index (χ0) is 12.0. The molecule has 1 aliphatic carbocycles. The van der Waals surface area contributed by atoms with E-state index in [-0.39, 0.29) is 11.8 Å². The SMILES string of the molecule is CC(CN)C(=O)N[C@@H](C)C1CCCCCC1. The van der Waals surface area contributed by atoms with E-state index < -0.39 is 0 Å². The molecule has 3 nitrogen and oxygen atoms in total. The molecule has 1 rings (SSSR count). The highest BCUT2D eigenvalue weighted by atomic mass is 16.1. The van der Waals surface area contributed by atoms with Crippen molar-refractivity contribution in [2.75, 3.05) is 6.54 Å². The van der Waals surface area contributed by atoms with Crippen molar-refractivity contribution in [3.63, 3.8) is 0 Å². The molecule has 0 saturated heterocycles. The number of hydrogen-bond donors (Lipinski definition) is 2. The quantitative estimate of drug-likeness (QED) is 0.721. The normalized spacial score (nSPS) is 22.2. The van der Waals surface area contributed by atoms with Crippen LogP contribution in [0.1, 0.15) is 52.4 Å². The Morgan fingerprint density at radius 1 is 1.25 bits per heavy atom. The van der Waals surface area contributed by atoms with Gasteiger partial charge in [0.05, 0.1) is 0 Å². The number of carbonyl (C=O) groups is 1. The molecule has 0 aromatic rings. The van der Waals surface area contributed by atoms with Crippen LogP contribution >= 0.6 is 0 Å². The van der Waals surface area contributed by atoms with Crippen molar-refractivity contribution >= 4 is 5.91 Å². The number of nitrogens with one attached hydrogen (secondary N) is 1. The monoisotopic (exact) mass is 226 g/mol. The van der Waals surface area contributed by atoms with Crippen LogP contribution in [0.3, 0.4) is 0 Å². The standard InChI is InChI=1S/C13H26N2O/c1-10(9-14)13(16)15-11(2)12-7-5-3-4-6-8-12/h10-12H,3-9,14H2,1-2H3,(H,15,16)/t10?,11-/m0/s1. The third-order valence-electron chi connectivity index (χ3n) is 3.78. The molecule has 1 amide bonds. The van der Waals surface area contributed by atoms with Crippen LogP contribution in [0.25, 0.3) is 0 Å². The van der Waals surface area contributed by atoms with Crippen LogP contribution < -0.4 is 11.1 Å². The van der Waals surface area contributed by atoms with Gasteiger partial charge in [-0.15, -0.1) is 0 Å². The van der Waals surface area contributed by atoms with E-state index in [9.17, 15) is 4.79 Å². The van der Waals surface area contributed by atoms with Crippen LogP contribution in [0, 0.1) is 11.8 Å². The van der Waals surface area contributed by atoms with Gasteiger partial charge in [0.25, 0.3) is 0 Å². The Hall–Kier alpha value is -0.570.